The molecule has 0 bridgehead atoms. The third-order valence-electron chi connectivity index (χ3n) is 4.97. The van der Waals surface area contributed by atoms with Gasteiger partial charge in [-0.3, -0.25) is 9.69 Å². The fourth-order valence-electron chi connectivity index (χ4n) is 3.11. The maximum absolute atomic E-state index is 13.2. The summed E-state index contributed by atoms with van der Waals surface area (Å²) in [4.78, 5) is 21.4. The first-order chi connectivity index (χ1) is 15.7. The molecule has 186 valence electrons. The minimum Gasteiger partial charge on any atom is -0.497 e. The largest absolute Gasteiger partial charge is 0.497 e. The molecule has 0 fully saturated rings. The van der Waals surface area contributed by atoms with Crippen LogP contribution in [0.15, 0.2) is 41.3 Å². The molecule has 2 aromatic carbocycles. The van der Waals surface area contributed by atoms with Crippen LogP contribution in [-0.4, -0.2) is 71.4 Å². The van der Waals surface area contributed by atoms with Crippen LogP contribution in [-0.2, 0) is 14.6 Å². The summed E-state index contributed by atoms with van der Waals surface area (Å²) < 4.78 is 36.7. The number of hydrogen-bond donors (Lipinski definition) is 0. The molecule has 8 nitrogen and oxygen atoms in total. The second-order valence-corrected chi connectivity index (χ2v) is 11.0. The molecule has 0 saturated heterocycles. The van der Waals surface area contributed by atoms with E-state index in [0.717, 1.165) is 0 Å². The van der Waals surface area contributed by atoms with Crippen molar-refractivity contribution in [3.8, 4) is 11.5 Å². The number of fused-ring (bicyclic) bond motifs is 1. The minimum absolute atomic E-state index is 0. The first kappa shape index (κ1) is 28.1. The van der Waals surface area contributed by atoms with E-state index in [-0.39, 0.29) is 35.4 Å². The van der Waals surface area contributed by atoms with Crippen LogP contribution in [0.4, 0.5) is 5.13 Å². The molecule has 0 atom stereocenters. The van der Waals surface area contributed by atoms with Gasteiger partial charge in [-0.1, -0.05) is 22.9 Å². The molecule has 0 aliphatic heterocycles. The van der Waals surface area contributed by atoms with Crippen LogP contribution >= 0.6 is 35.3 Å². The van der Waals surface area contributed by atoms with E-state index in [9.17, 15) is 13.2 Å². The van der Waals surface area contributed by atoms with E-state index in [1.807, 2.05) is 19.0 Å². The van der Waals surface area contributed by atoms with Crippen LogP contribution in [0.3, 0.4) is 0 Å². The lowest BCUT2D eigenvalue weighted by molar-refractivity contribution is -0.118. The Morgan fingerprint density at radius 2 is 1.74 bits per heavy atom. The predicted molar refractivity (Wildman–Crippen MR) is 139 cm³/mol. The zero-order chi connectivity index (χ0) is 24.2. The van der Waals surface area contributed by atoms with E-state index in [1.54, 1.807) is 31.4 Å². The average molecular weight is 549 g/mol. The number of carbonyl (C=O) groups is 1. The molecule has 0 aliphatic rings. The van der Waals surface area contributed by atoms with Gasteiger partial charge in [0.05, 0.1) is 34.6 Å². The van der Waals surface area contributed by atoms with Gasteiger partial charge in [0.1, 0.15) is 17.0 Å². The molecule has 0 unspecified atom stereocenters. The lowest BCUT2D eigenvalue weighted by Gasteiger charge is -2.22. The van der Waals surface area contributed by atoms with Crippen molar-refractivity contribution in [2.75, 3.05) is 52.1 Å². The van der Waals surface area contributed by atoms with Gasteiger partial charge >= 0.3 is 0 Å². The molecular formula is C22H27Cl2N3O5S2. The highest BCUT2D eigenvalue weighted by Crippen LogP contribution is 2.38. The van der Waals surface area contributed by atoms with Crippen LogP contribution in [0.25, 0.3) is 10.2 Å². The summed E-state index contributed by atoms with van der Waals surface area (Å²) in [5.41, 5.74) is 0.568. The van der Waals surface area contributed by atoms with Crippen LogP contribution in [0.5, 0.6) is 11.5 Å². The van der Waals surface area contributed by atoms with E-state index in [0.29, 0.717) is 45.0 Å². The smallest absolute Gasteiger partial charge is 0.229 e. The zero-order valence-electron chi connectivity index (χ0n) is 19.3. The summed E-state index contributed by atoms with van der Waals surface area (Å²) in [6.45, 7) is 0.936. The Morgan fingerprint density at radius 1 is 1.06 bits per heavy atom. The fourth-order valence-corrected chi connectivity index (χ4v) is 5.64. The predicted octanol–water partition coefficient (Wildman–Crippen LogP) is 4.15. The molecule has 1 heterocycles. The zero-order valence-corrected chi connectivity index (χ0v) is 22.5. The molecule has 0 spiro atoms. The van der Waals surface area contributed by atoms with E-state index in [1.165, 1.54) is 35.5 Å². The minimum atomic E-state index is -3.64. The molecule has 0 aliphatic carbocycles. The van der Waals surface area contributed by atoms with Gasteiger partial charge < -0.3 is 14.4 Å². The van der Waals surface area contributed by atoms with E-state index in [2.05, 4.69) is 4.98 Å². The topological polar surface area (TPSA) is 89.0 Å². The Morgan fingerprint density at radius 3 is 2.32 bits per heavy atom. The highest BCUT2D eigenvalue weighted by Gasteiger charge is 2.24. The highest BCUT2D eigenvalue weighted by atomic mass is 35.5. The number of sulfone groups is 1. The molecule has 1 amide bonds. The van der Waals surface area contributed by atoms with Crippen molar-refractivity contribution in [1.82, 2.24) is 9.88 Å². The van der Waals surface area contributed by atoms with Crippen molar-refractivity contribution < 1.29 is 22.7 Å². The number of methoxy groups -OCH3 is 2. The monoisotopic (exact) mass is 547 g/mol. The Bertz CT molecular complexity index is 1230. The fraction of sp³-hybridized carbons (Fsp3) is 0.364. The van der Waals surface area contributed by atoms with Crippen molar-refractivity contribution in [3.63, 3.8) is 0 Å². The Hall–Kier alpha value is -2.11. The molecule has 0 radical (unpaired) electrons. The summed E-state index contributed by atoms with van der Waals surface area (Å²) in [5.74, 6) is 0.470. The lowest BCUT2D eigenvalue weighted by Crippen LogP contribution is -2.37. The van der Waals surface area contributed by atoms with Crippen molar-refractivity contribution in [2.45, 2.75) is 11.3 Å². The molecule has 1 aromatic heterocycles. The summed E-state index contributed by atoms with van der Waals surface area (Å²) in [5, 5.41) is 0.960. The molecule has 0 N–H and O–H groups in total. The van der Waals surface area contributed by atoms with Crippen LogP contribution in [0.2, 0.25) is 5.02 Å². The normalized spacial score (nSPS) is 11.4. The summed E-state index contributed by atoms with van der Waals surface area (Å²) in [6, 6.07) is 9.56. The maximum Gasteiger partial charge on any atom is 0.229 e. The number of likely N-dealkylation sites (N-methyl/N-ethyl adjacent to an activating group) is 1. The van der Waals surface area contributed by atoms with Crippen molar-refractivity contribution in [3.05, 3.63) is 41.4 Å². The Labute approximate surface area is 214 Å². The van der Waals surface area contributed by atoms with Crippen molar-refractivity contribution in [2.24, 2.45) is 0 Å². The number of benzene rings is 2. The Balaban J connectivity index is 0.00000408. The number of amides is 1. The SMILES string of the molecule is COc1ccc(S(=O)(=O)CCC(=O)N(CCN(C)C)c2nc3c(OC)ccc(Cl)c3s2)cc1.Cl. The molecule has 0 saturated carbocycles. The third-order valence-corrected chi connectivity index (χ3v) is 8.24. The quantitative estimate of drug-likeness (QED) is 0.376. The van der Waals surface area contributed by atoms with E-state index >= 15 is 0 Å². The van der Waals surface area contributed by atoms with Gasteiger partial charge in [-0.2, -0.15) is 0 Å². The van der Waals surface area contributed by atoms with Gasteiger partial charge in [0.25, 0.3) is 0 Å². The number of nitrogens with zero attached hydrogens (tertiary/aromatic N) is 3. The van der Waals surface area contributed by atoms with Gasteiger partial charge in [-0.05, 0) is 50.5 Å². The maximum atomic E-state index is 13.2. The van der Waals surface area contributed by atoms with Gasteiger partial charge in [0.2, 0.25) is 5.91 Å². The highest BCUT2D eigenvalue weighted by molar-refractivity contribution is 7.91. The second kappa shape index (κ2) is 12.0. The Kier molecular flexibility index (Phi) is 9.96. The number of aromatic nitrogens is 1. The summed E-state index contributed by atoms with van der Waals surface area (Å²) in [6.07, 6.45) is -0.178. The molecule has 3 aromatic rings. The standard InChI is InChI=1S/C22H26ClN3O5S2.ClH/c1-25(2)12-13-26(22-24-20-18(31-4)10-9-17(23)21(20)32-22)19(27)11-14-33(28,29)16-7-5-15(30-3)6-8-16;/h5-10H,11-14H2,1-4H3;1H. The summed E-state index contributed by atoms with van der Waals surface area (Å²) in [7, 11) is 3.21. The number of thiazole rings is 1. The van der Waals surface area contributed by atoms with E-state index in [4.69, 9.17) is 21.1 Å². The molecule has 34 heavy (non-hydrogen) atoms. The second-order valence-electron chi connectivity index (χ2n) is 7.52. The van der Waals surface area contributed by atoms with Gasteiger partial charge in [0, 0.05) is 19.5 Å². The average Bonchev–Trinajstić information content (AvgIpc) is 3.24. The molecular weight excluding hydrogens is 521 g/mol. The lowest BCUT2D eigenvalue weighted by atomic mass is 10.3. The number of carbonyl (C=O) groups excluding carboxylic acids is 1. The molecule has 3 rings (SSSR count). The first-order valence-electron chi connectivity index (χ1n) is 10.1. The third kappa shape index (κ3) is 6.51. The first-order valence-corrected chi connectivity index (χ1v) is 13.0. The summed E-state index contributed by atoms with van der Waals surface area (Å²) >= 11 is 7.61. The van der Waals surface area contributed by atoms with Gasteiger partial charge in [-0.25, -0.2) is 13.4 Å². The molecule has 12 heteroatoms. The van der Waals surface area contributed by atoms with Crippen LogP contribution < -0.4 is 14.4 Å². The number of ether oxygens (including phenoxy) is 2. The van der Waals surface area contributed by atoms with Crippen molar-refractivity contribution in [1.29, 1.82) is 0 Å². The van der Waals surface area contributed by atoms with Gasteiger partial charge in [-0.15, -0.1) is 12.4 Å². The number of anilines is 1. The van der Waals surface area contributed by atoms with Crippen molar-refractivity contribution >= 4 is 66.4 Å². The van der Waals surface area contributed by atoms with Gasteiger partial charge in [0.15, 0.2) is 15.0 Å². The number of rotatable bonds is 10. The number of halogens is 2. The van der Waals surface area contributed by atoms with Crippen LogP contribution in [0.1, 0.15) is 6.42 Å². The van der Waals surface area contributed by atoms with E-state index < -0.39 is 9.84 Å². The van der Waals surface area contributed by atoms with Crippen LogP contribution in [0, 0.1) is 0 Å². The number of hydrogen-bond acceptors (Lipinski definition) is 8.